The van der Waals surface area contributed by atoms with Crippen LogP contribution in [0.2, 0.25) is 5.02 Å². The summed E-state index contributed by atoms with van der Waals surface area (Å²) in [4.78, 5) is 0. The van der Waals surface area contributed by atoms with Gasteiger partial charge in [0, 0.05) is 23.2 Å². The summed E-state index contributed by atoms with van der Waals surface area (Å²) < 4.78 is 20.2. The molecule has 1 saturated carbocycles. The second kappa shape index (κ2) is 7.57. The van der Waals surface area contributed by atoms with Crippen LogP contribution in [-0.2, 0) is 11.2 Å². The summed E-state index contributed by atoms with van der Waals surface area (Å²) in [5.41, 5.74) is 0.385. The zero-order valence-electron chi connectivity index (χ0n) is 12.9. The van der Waals surface area contributed by atoms with Gasteiger partial charge in [-0.2, -0.15) is 0 Å². The highest BCUT2D eigenvalue weighted by atomic mass is 35.5. The largest absolute Gasteiger partial charge is 0.374 e. The molecule has 118 valence electrons. The summed E-state index contributed by atoms with van der Waals surface area (Å²) in [6, 6.07) is 4.95. The molecule has 1 fully saturated rings. The molecule has 0 aromatic heterocycles. The van der Waals surface area contributed by atoms with E-state index in [1.165, 1.54) is 25.3 Å². The SMILES string of the molecule is CCOC1(C(Cc2c(F)cccc2Cl)NC)CCCCC1. The second-order valence-corrected chi connectivity index (χ2v) is 6.21. The molecule has 1 atom stereocenters. The fourth-order valence-corrected chi connectivity index (χ4v) is 3.75. The fraction of sp³-hybridized carbons (Fsp3) is 0.647. The smallest absolute Gasteiger partial charge is 0.127 e. The first kappa shape index (κ1) is 16.7. The van der Waals surface area contributed by atoms with Gasteiger partial charge in [-0.1, -0.05) is 36.9 Å². The number of ether oxygens (including phenoxy) is 1. The molecular formula is C17H25ClFNO. The number of hydrogen-bond donors (Lipinski definition) is 1. The molecule has 0 spiro atoms. The molecule has 1 aromatic carbocycles. The maximum absolute atomic E-state index is 14.1. The van der Waals surface area contributed by atoms with Crippen LogP contribution in [0.4, 0.5) is 4.39 Å². The van der Waals surface area contributed by atoms with Gasteiger partial charge in [-0.25, -0.2) is 4.39 Å². The van der Waals surface area contributed by atoms with E-state index >= 15 is 0 Å². The Bertz CT molecular complexity index is 434. The molecule has 21 heavy (non-hydrogen) atoms. The van der Waals surface area contributed by atoms with Crippen molar-refractivity contribution in [2.75, 3.05) is 13.7 Å². The molecule has 1 aliphatic rings. The standard InChI is InChI=1S/C17H25ClFNO/c1-3-21-17(10-5-4-6-11-17)16(20-2)12-13-14(18)8-7-9-15(13)19/h7-9,16,20H,3-6,10-12H2,1-2H3. The van der Waals surface area contributed by atoms with Gasteiger partial charge in [-0.05, 0) is 45.4 Å². The lowest BCUT2D eigenvalue weighted by Crippen LogP contribution is -2.54. The average Bonchev–Trinajstić information content (AvgIpc) is 2.48. The maximum atomic E-state index is 14.1. The van der Waals surface area contributed by atoms with E-state index in [0.29, 0.717) is 23.6 Å². The van der Waals surface area contributed by atoms with Crippen LogP contribution in [0.5, 0.6) is 0 Å². The number of benzene rings is 1. The van der Waals surface area contributed by atoms with E-state index in [2.05, 4.69) is 5.32 Å². The Kier molecular flexibility index (Phi) is 6.03. The van der Waals surface area contributed by atoms with Gasteiger partial charge in [0.2, 0.25) is 0 Å². The van der Waals surface area contributed by atoms with E-state index < -0.39 is 0 Å². The minimum atomic E-state index is -0.231. The highest BCUT2D eigenvalue weighted by molar-refractivity contribution is 6.31. The predicted molar refractivity (Wildman–Crippen MR) is 85.4 cm³/mol. The first-order chi connectivity index (χ1) is 10.1. The summed E-state index contributed by atoms with van der Waals surface area (Å²) in [5, 5.41) is 3.85. The molecule has 1 aromatic rings. The highest BCUT2D eigenvalue weighted by Gasteiger charge is 2.40. The summed E-state index contributed by atoms with van der Waals surface area (Å²) in [6.07, 6.45) is 6.21. The number of likely N-dealkylation sites (N-methyl/N-ethyl adjacent to an activating group) is 1. The van der Waals surface area contributed by atoms with Crippen molar-refractivity contribution in [3.63, 3.8) is 0 Å². The molecule has 0 amide bonds. The van der Waals surface area contributed by atoms with E-state index in [4.69, 9.17) is 16.3 Å². The van der Waals surface area contributed by atoms with E-state index in [-0.39, 0.29) is 17.5 Å². The molecule has 1 unspecified atom stereocenters. The molecule has 4 heteroatoms. The third-order valence-electron chi connectivity index (χ3n) is 4.59. The van der Waals surface area contributed by atoms with Crippen molar-refractivity contribution >= 4 is 11.6 Å². The van der Waals surface area contributed by atoms with E-state index in [1.54, 1.807) is 12.1 Å². The Balaban J connectivity index is 2.24. The first-order valence-electron chi connectivity index (χ1n) is 7.87. The molecule has 0 heterocycles. The molecule has 0 aliphatic heterocycles. The summed E-state index contributed by atoms with van der Waals surface area (Å²) in [5.74, 6) is -0.231. The average molecular weight is 314 g/mol. The Morgan fingerprint density at radius 2 is 2.05 bits per heavy atom. The van der Waals surface area contributed by atoms with Gasteiger partial charge in [0.15, 0.2) is 0 Å². The van der Waals surface area contributed by atoms with E-state index in [1.807, 2.05) is 14.0 Å². The van der Waals surface area contributed by atoms with E-state index in [0.717, 1.165) is 12.8 Å². The topological polar surface area (TPSA) is 21.3 Å². The van der Waals surface area contributed by atoms with Crippen LogP contribution in [0.15, 0.2) is 18.2 Å². The van der Waals surface area contributed by atoms with Crippen LogP contribution in [-0.4, -0.2) is 25.3 Å². The number of nitrogens with one attached hydrogen (secondary N) is 1. The third-order valence-corrected chi connectivity index (χ3v) is 4.94. The highest BCUT2D eigenvalue weighted by Crippen LogP contribution is 2.36. The van der Waals surface area contributed by atoms with Gasteiger partial charge in [0.1, 0.15) is 5.82 Å². The van der Waals surface area contributed by atoms with Crippen LogP contribution in [0.25, 0.3) is 0 Å². The van der Waals surface area contributed by atoms with Crippen LogP contribution >= 0.6 is 11.6 Å². The molecule has 0 radical (unpaired) electrons. The lowest BCUT2D eigenvalue weighted by atomic mass is 9.77. The minimum Gasteiger partial charge on any atom is -0.374 e. The molecule has 1 N–H and O–H groups in total. The summed E-state index contributed by atoms with van der Waals surface area (Å²) in [7, 11) is 1.93. The molecular weight excluding hydrogens is 289 g/mol. The Labute approximate surface area is 132 Å². The Morgan fingerprint density at radius 1 is 1.33 bits per heavy atom. The predicted octanol–water partition coefficient (Wildman–Crippen LogP) is 4.35. The quantitative estimate of drug-likeness (QED) is 0.843. The molecule has 2 nitrogen and oxygen atoms in total. The summed E-state index contributed by atoms with van der Waals surface area (Å²) >= 11 is 6.18. The van der Waals surface area contributed by atoms with Crippen LogP contribution in [0.3, 0.4) is 0 Å². The van der Waals surface area contributed by atoms with Gasteiger partial charge >= 0.3 is 0 Å². The van der Waals surface area contributed by atoms with Gasteiger partial charge in [-0.3, -0.25) is 0 Å². The van der Waals surface area contributed by atoms with Crippen molar-refractivity contribution in [3.8, 4) is 0 Å². The van der Waals surface area contributed by atoms with Crippen LogP contribution < -0.4 is 5.32 Å². The number of halogens is 2. The number of rotatable bonds is 6. The van der Waals surface area contributed by atoms with Crippen molar-refractivity contribution < 1.29 is 9.13 Å². The van der Waals surface area contributed by atoms with Crippen molar-refractivity contribution in [2.45, 2.75) is 57.1 Å². The summed E-state index contributed by atoms with van der Waals surface area (Å²) in [6.45, 7) is 2.71. The zero-order valence-corrected chi connectivity index (χ0v) is 13.7. The second-order valence-electron chi connectivity index (χ2n) is 5.80. The molecule has 2 rings (SSSR count). The lowest BCUT2D eigenvalue weighted by Gasteiger charge is -2.43. The van der Waals surface area contributed by atoms with Crippen LogP contribution in [0, 0.1) is 5.82 Å². The minimum absolute atomic E-state index is 0.0761. The van der Waals surface area contributed by atoms with E-state index in [9.17, 15) is 4.39 Å². The number of hydrogen-bond acceptors (Lipinski definition) is 2. The maximum Gasteiger partial charge on any atom is 0.127 e. The molecule has 1 aliphatic carbocycles. The van der Waals surface area contributed by atoms with Crippen molar-refractivity contribution in [3.05, 3.63) is 34.6 Å². The first-order valence-corrected chi connectivity index (χ1v) is 8.25. The van der Waals surface area contributed by atoms with Crippen molar-refractivity contribution in [1.29, 1.82) is 0 Å². The van der Waals surface area contributed by atoms with Crippen molar-refractivity contribution in [2.24, 2.45) is 0 Å². The fourth-order valence-electron chi connectivity index (χ4n) is 3.51. The zero-order chi connectivity index (χ0) is 15.3. The van der Waals surface area contributed by atoms with Crippen LogP contribution in [0.1, 0.15) is 44.6 Å². The van der Waals surface area contributed by atoms with Gasteiger partial charge in [0.25, 0.3) is 0 Å². The lowest BCUT2D eigenvalue weighted by molar-refractivity contribution is -0.0884. The molecule has 0 saturated heterocycles. The van der Waals surface area contributed by atoms with Gasteiger partial charge in [0.05, 0.1) is 5.60 Å². The van der Waals surface area contributed by atoms with Gasteiger partial charge in [-0.15, -0.1) is 0 Å². The van der Waals surface area contributed by atoms with Crippen molar-refractivity contribution in [1.82, 2.24) is 5.32 Å². The van der Waals surface area contributed by atoms with Gasteiger partial charge < -0.3 is 10.1 Å². The Hall–Kier alpha value is -0.640. The normalized spacial score (nSPS) is 19.4. The third kappa shape index (κ3) is 3.77. The monoisotopic (exact) mass is 313 g/mol. The molecule has 0 bridgehead atoms. The Morgan fingerprint density at radius 3 is 2.62 bits per heavy atom.